The zero-order valence-corrected chi connectivity index (χ0v) is 22.6. The Bertz CT molecular complexity index is 1300. The van der Waals surface area contributed by atoms with Gasteiger partial charge in [-0.15, -0.1) is 0 Å². The largest absolute Gasteiger partial charge is 0.444 e. The van der Waals surface area contributed by atoms with Crippen molar-refractivity contribution in [3.8, 4) is 0 Å². The minimum absolute atomic E-state index is 0.0195. The van der Waals surface area contributed by atoms with Crippen molar-refractivity contribution in [2.24, 2.45) is 0 Å². The third-order valence-corrected chi connectivity index (χ3v) is 6.96. The quantitative estimate of drug-likeness (QED) is 0.431. The van der Waals surface area contributed by atoms with Crippen LogP contribution in [0.2, 0.25) is 5.02 Å². The molecule has 2 aromatic heterocycles. The van der Waals surface area contributed by atoms with Gasteiger partial charge in [0.05, 0.1) is 16.9 Å². The number of hydrogen-bond donors (Lipinski definition) is 2. The summed E-state index contributed by atoms with van der Waals surface area (Å²) >= 11 is 6.02. The topological polar surface area (TPSA) is 106 Å². The second kappa shape index (κ2) is 10.9. The van der Waals surface area contributed by atoms with E-state index < -0.39 is 11.4 Å². The molecular formula is C26H33ClFN7O3. The Morgan fingerprint density at radius 2 is 1.89 bits per heavy atom. The Balaban J connectivity index is 1.45. The van der Waals surface area contributed by atoms with Crippen LogP contribution >= 0.6 is 11.6 Å². The smallest absolute Gasteiger partial charge is 0.410 e. The number of nitrogens with zero attached hydrogens (tertiary/aromatic N) is 5. The average molecular weight is 546 g/mol. The maximum atomic E-state index is 14.8. The maximum Gasteiger partial charge on any atom is 0.410 e. The Kier molecular flexibility index (Phi) is 7.58. The van der Waals surface area contributed by atoms with Crippen LogP contribution in [0.3, 0.4) is 0 Å². The molecule has 0 atom stereocenters. The fourth-order valence-corrected chi connectivity index (χ4v) is 4.95. The zero-order valence-electron chi connectivity index (χ0n) is 21.8. The van der Waals surface area contributed by atoms with Gasteiger partial charge >= 0.3 is 6.09 Å². The molecule has 0 unspecified atom stereocenters. The number of likely N-dealkylation sites (tertiary alicyclic amines) is 1. The first kappa shape index (κ1) is 26.4. The SMILES string of the molecule is CC(C)(C)OC(=O)N1CCC(n2c(Nc3cccc(Cl)c3F)nc3cnc(NC4CCOCC4)nc32)CC1. The first-order valence-electron chi connectivity index (χ1n) is 13.0. The summed E-state index contributed by atoms with van der Waals surface area (Å²) in [6, 6.07) is 4.98. The molecule has 2 saturated heterocycles. The molecule has 4 heterocycles. The Morgan fingerprint density at radius 1 is 1.16 bits per heavy atom. The number of hydrogen-bond acceptors (Lipinski definition) is 8. The average Bonchev–Trinajstić information content (AvgIpc) is 3.23. The molecule has 0 bridgehead atoms. The number of benzene rings is 1. The van der Waals surface area contributed by atoms with Gasteiger partial charge < -0.3 is 25.0 Å². The second-order valence-corrected chi connectivity index (χ2v) is 11.1. The normalized spacial score (nSPS) is 17.6. The molecule has 10 nitrogen and oxygen atoms in total. The van der Waals surface area contributed by atoms with Crippen molar-refractivity contribution in [2.45, 2.75) is 64.1 Å². The van der Waals surface area contributed by atoms with E-state index >= 15 is 0 Å². The molecule has 12 heteroatoms. The number of imidazole rings is 1. The van der Waals surface area contributed by atoms with Crippen molar-refractivity contribution in [3.63, 3.8) is 0 Å². The lowest BCUT2D eigenvalue weighted by Crippen LogP contribution is -2.42. The Morgan fingerprint density at radius 3 is 2.61 bits per heavy atom. The van der Waals surface area contributed by atoms with Gasteiger partial charge in [-0.1, -0.05) is 17.7 Å². The van der Waals surface area contributed by atoms with Crippen LogP contribution in [0.4, 0.5) is 26.8 Å². The van der Waals surface area contributed by atoms with Crippen LogP contribution in [0.25, 0.3) is 11.2 Å². The lowest BCUT2D eigenvalue weighted by atomic mass is 10.1. The highest BCUT2D eigenvalue weighted by Crippen LogP contribution is 2.34. The van der Waals surface area contributed by atoms with Crippen LogP contribution in [0.1, 0.15) is 52.5 Å². The summed E-state index contributed by atoms with van der Waals surface area (Å²) in [6.07, 6.45) is 4.43. The zero-order chi connectivity index (χ0) is 26.9. The Hall–Kier alpha value is -3.18. The molecular weight excluding hydrogens is 513 g/mol. The van der Waals surface area contributed by atoms with Crippen LogP contribution in [-0.4, -0.2) is 68.5 Å². The van der Waals surface area contributed by atoms with Crippen molar-refractivity contribution >= 4 is 46.4 Å². The maximum absolute atomic E-state index is 14.8. The molecule has 2 aliphatic rings. The van der Waals surface area contributed by atoms with Crippen LogP contribution in [0.5, 0.6) is 0 Å². The molecule has 5 rings (SSSR count). The molecule has 1 amide bonds. The summed E-state index contributed by atoms with van der Waals surface area (Å²) in [6.45, 7) is 8.00. The highest BCUT2D eigenvalue weighted by molar-refractivity contribution is 6.31. The fraction of sp³-hybridized carbons (Fsp3) is 0.538. The molecule has 2 N–H and O–H groups in total. The van der Waals surface area contributed by atoms with Crippen LogP contribution < -0.4 is 10.6 Å². The van der Waals surface area contributed by atoms with Crippen molar-refractivity contribution in [2.75, 3.05) is 36.9 Å². The number of ether oxygens (including phenoxy) is 2. The molecule has 0 saturated carbocycles. The van der Waals surface area contributed by atoms with Gasteiger partial charge in [0.1, 0.15) is 11.1 Å². The molecule has 1 aromatic carbocycles. The van der Waals surface area contributed by atoms with E-state index in [4.69, 9.17) is 31.0 Å². The number of carbonyl (C=O) groups excluding carboxylic acids is 1. The predicted molar refractivity (Wildman–Crippen MR) is 144 cm³/mol. The molecule has 38 heavy (non-hydrogen) atoms. The first-order chi connectivity index (χ1) is 18.2. The van der Waals surface area contributed by atoms with Crippen LogP contribution in [0, 0.1) is 5.82 Å². The monoisotopic (exact) mass is 545 g/mol. The summed E-state index contributed by atoms with van der Waals surface area (Å²) in [7, 11) is 0. The molecule has 204 valence electrons. The van der Waals surface area contributed by atoms with Gasteiger partial charge in [0.2, 0.25) is 11.9 Å². The summed E-state index contributed by atoms with van der Waals surface area (Å²) in [5, 5.41) is 6.55. The van der Waals surface area contributed by atoms with Gasteiger partial charge in [0, 0.05) is 38.4 Å². The highest BCUT2D eigenvalue weighted by Gasteiger charge is 2.30. The number of fused-ring (bicyclic) bond motifs is 1. The summed E-state index contributed by atoms with van der Waals surface area (Å²) in [4.78, 5) is 28.3. The Labute approximate surface area is 225 Å². The predicted octanol–water partition coefficient (Wildman–Crippen LogP) is 5.53. The van der Waals surface area contributed by atoms with E-state index in [0.29, 0.717) is 62.2 Å². The number of rotatable bonds is 5. The second-order valence-electron chi connectivity index (χ2n) is 10.7. The van der Waals surface area contributed by atoms with E-state index in [9.17, 15) is 9.18 Å². The molecule has 0 radical (unpaired) electrons. The molecule has 0 aliphatic carbocycles. The number of aromatic nitrogens is 4. The third-order valence-electron chi connectivity index (χ3n) is 6.67. The van der Waals surface area contributed by atoms with E-state index in [1.165, 1.54) is 6.07 Å². The lowest BCUT2D eigenvalue weighted by molar-refractivity contribution is 0.0190. The standard InChI is InChI=1S/C26H33ClFN7O3/c1-26(2,3)38-25(36)34-11-7-17(8-12-34)35-22-20(15-29-23(33-22)30-16-9-13-37-14-10-16)32-24(35)31-19-6-4-5-18(27)21(19)28/h4-6,15-17H,7-14H2,1-3H3,(H,31,32)(H,29,30,33). The van der Waals surface area contributed by atoms with E-state index in [-0.39, 0.29) is 28.9 Å². The van der Waals surface area contributed by atoms with Crippen LogP contribution in [-0.2, 0) is 9.47 Å². The van der Waals surface area contributed by atoms with Gasteiger partial charge in [-0.3, -0.25) is 4.57 Å². The fourth-order valence-electron chi connectivity index (χ4n) is 4.77. The van der Waals surface area contributed by atoms with E-state index in [2.05, 4.69) is 15.6 Å². The molecule has 2 aliphatic heterocycles. The first-order valence-corrected chi connectivity index (χ1v) is 13.3. The summed E-state index contributed by atoms with van der Waals surface area (Å²) in [5.41, 5.74) is 0.878. The van der Waals surface area contributed by atoms with Gasteiger partial charge in [0.15, 0.2) is 11.5 Å². The van der Waals surface area contributed by atoms with Crippen molar-refractivity contribution in [1.82, 2.24) is 24.4 Å². The third kappa shape index (κ3) is 5.94. The molecule has 3 aromatic rings. The van der Waals surface area contributed by atoms with Crippen molar-refractivity contribution in [3.05, 3.63) is 35.2 Å². The van der Waals surface area contributed by atoms with E-state index in [0.717, 1.165) is 12.8 Å². The number of anilines is 3. The minimum Gasteiger partial charge on any atom is -0.444 e. The van der Waals surface area contributed by atoms with E-state index in [1.54, 1.807) is 23.2 Å². The number of piperidine rings is 1. The van der Waals surface area contributed by atoms with Gasteiger partial charge in [-0.05, 0) is 58.6 Å². The summed E-state index contributed by atoms with van der Waals surface area (Å²) in [5.74, 6) is 0.395. The van der Waals surface area contributed by atoms with Crippen LogP contribution in [0.15, 0.2) is 24.4 Å². The van der Waals surface area contributed by atoms with Crippen molar-refractivity contribution < 1.29 is 18.7 Å². The lowest BCUT2D eigenvalue weighted by Gasteiger charge is -2.34. The number of nitrogens with one attached hydrogen (secondary N) is 2. The van der Waals surface area contributed by atoms with Gasteiger partial charge in [0.25, 0.3) is 0 Å². The summed E-state index contributed by atoms with van der Waals surface area (Å²) < 4.78 is 27.8. The van der Waals surface area contributed by atoms with Crippen molar-refractivity contribution in [1.29, 1.82) is 0 Å². The van der Waals surface area contributed by atoms with Gasteiger partial charge in [-0.25, -0.2) is 19.2 Å². The minimum atomic E-state index is -0.558. The van der Waals surface area contributed by atoms with Gasteiger partial charge in [-0.2, -0.15) is 4.98 Å². The number of halogens is 2. The molecule has 2 fully saturated rings. The van der Waals surface area contributed by atoms with E-state index in [1.807, 2.05) is 25.3 Å². The molecule has 0 spiro atoms. The number of amides is 1. The highest BCUT2D eigenvalue weighted by atomic mass is 35.5. The number of carbonyl (C=O) groups is 1.